The number of aliphatic carboxylic acids is 1. The Morgan fingerprint density at radius 3 is 2.83 bits per heavy atom. The Labute approximate surface area is 172 Å². The highest BCUT2D eigenvalue weighted by Crippen LogP contribution is 2.33. The van der Waals surface area contributed by atoms with Gasteiger partial charge in [-0.3, -0.25) is 9.59 Å². The number of rotatable bonds is 5. The van der Waals surface area contributed by atoms with Gasteiger partial charge in [0.2, 0.25) is 5.91 Å². The Morgan fingerprint density at radius 1 is 1.24 bits per heavy atom. The first-order valence-corrected chi connectivity index (χ1v) is 9.83. The average molecular weight is 415 g/mol. The predicted molar refractivity (Wildman–Crippen MR) is 109 cm³/mol. The second kappa shape index (κ2) is 7.87. The normalized spacial score (nSPS) is 15.9. The van der Waals surface area contributed by atoms with Crippen LogP contribution in [0.15, 0.2) is 42.5 Å². The van der Waals surface area contributed by atoms with Gasteiger partial charge in [0.15, 0.2) is 0 Å². The molecule has 150 valence electrons. The maximum atomic E-state index is 13.9. The van der Waals surface area contributed by atoms with Gasteiger partial charge in [0.05, 0.1) is 6.42 Å². The Morgan fingerprint density at radius 2 is 2.07 bits per heavy atom. The number of hydrogen-bond acceptors (Lipinski definition) is 2. The van der Waals surface area contributed by atoms with Crippen molar-refractivity contribution in [3.63, 3.8) is 0 Å². The minimum absolute atomic E-state index is 0.0821. The van der Waals surface area contributed by atoms with Crippen molar-refractivity contribution in [2.24, 2.45) is 0 Å². The van der Waals surface area contributed by atoms with Crippen molar-refractivity contribution in [1.82, 2.24) is 9.88 Å². The summed E-state index contributed by atoms with van der Waals surface area (Å²) in [5.41, 5.74) is 3.38. The van der Waals surface area contributed by atoms with Crippen molar-refractivity contribution in [3.05, 3.63) is 70.1 Å². The van der Waals surface area contributed by atoms with E-state index < -0.39 is 5.97 Å². The number of carbonyl (C=O) groups excluding carboxylic acids is 1. The molecule has 2 N–H and O–H groups in total. The van der Waals surface area contributed by atoms with Crippen LogP contribution in [0.2, 0.25) is 5.02 Å². The van der Waals surface area contributed by atoms with Gasteiger partial charge in [-0.25, -0.2) is 4.39 Å². The smallest absolute Gasteiger partial charge is 0.323 e. The molecular weight excluding hydrogens is 395 g/mol. The molecular formula is C22H20ClFN2O3. The molecule has 0 saturated heterocycles. The van der Waals surface area contributed by atoms with E-state index in [4.69, 9.17) is 11.6 Å². The summed E-state index contributed by atoms with van der Waals surface area (Å²) < 4.78 is 15.6. The molecule has 7 heteroatoms. The fourth-order valence-corrected chi connectivity index (χ4v) is 4.39. The van der Waals surface area contributed by atoms with E-state index in [1.54, 1.807) is 22.8 Å². The maximum Gasteiger partial charge on any atom is 0.323 e. The summed E-state index contributed by atoms with van der Waals surface area (Å²) in [6.45, 7) is -0.163. The van der Waals surface area contributed by atoms with Gasteiger partial charge in [-0.2, -0.15) is 0 Å². The van der Waals surface area contributed by atoms with Crippen LogP contribution in [0.3, 0.4) is 0 Å². The van der Waals surface area contributed by atoms with Gasteiger partial charge in [-0.05, 0) is 60.7 Å². The molecule has 0 aliphatic heterocycles. The molecule has 1 heterocycles. The monoisotopic (exact) mass is 414 g/mol. The molecule has 0 bridgehead atoms. The molecule has 1 aliphatic carbocycles. The third-order valence-electron chi connectivity index (χ3n) is 5.34. The zero-order valence-corrected chi connectivity index (χ0v) is 16.4. The molecule has 2 aromatic carbocycles. The van der Waals surface area contributed by atoms with Crippen LogP contribution >= 0.6 is 11.6 Å². The number of fused-ring (bicyclic) bond motifs is 3. The van der Waals surface area contributed by atoms with Gasteiger partial charge < -0.3 is 15.0 Å². The van der Waals surface area contributed by atoms with Crippen molar-refractivity contribution < 1.29 is 19.1 Å². The number of aromatic nitrogens is 1. The fraction of sp³-hybridized carbons (Fsp3) is 0.273. The van der Waals surface area contributed by atoms with E-state index in [9.17, 15) is 19.1 Å². The SMILES string of the molecule is O=C(O)Cn1c2c(c3cc(F)ccc31)CC(NC(=O)Cc1cccc(Cl)c1)CC2. The number of carbonyl (C=O) groups is 2. The largest absolute Gasteiger partial charge is 0.480 e. The first-order valence-electron chi connectivity index (χ1n) is 9.46. The van der Waals surface area contributed by atoms with E-state index >= 15 is 0 Å². The second-order valence-electron chi connectivity index (χ2n) is 7.38. The molecule has 0 fully saturated rings. The number of nitrogens with zero attached hydrogens (tertiary/aromatic N) is 1. The highest BCUT2D eigenvalue weighted by molar-refractivity contribution is 6.30. The summed E-state index contributed by atoms with van der Waals surface area (Å²) in [5, 5.41) is 13.6. The van der Waals surface area contributed by atoms with Gasteiger partial charge in [-0.15, -0.1) is 0 Å². The van der Waals surface area contributed by atoms with Crippen LogP contribution in [0.5, 0.6) is 0 Å². The lowest BCUT2D eigenvalue weighted by Crippen LogP contribution is -2.39. The number of carboxylic acid groups (broad SMARTS) is 1. The van der Waals surface area contributed by atoms with Crippen LogP contribution in [0.25, 0.3) is 10.9 Å². The molecule has 1 aromatic heterocycles. The van der Waals surface area contributed by atoms with Crippen LogP contribution in [-0.4, -0.2) is 27.6 Å². The van der Waals surface area contributed by atoms with Crippen molar-refractivity contribution in [2.75, 3.05) is 0 Å². The van der Waals surface area contributed by atoms with Gasteiger partial charge in [0, 0.05) is 27.7 Å². The van der Waals surface area contributed by atoms with E-state index in [1.807, 2.05) is 12.1 Å². The summed E-state index contributed by atoms with van der Waals surface area (Å²) in [5.74, 6) is -1.40. The first kappa shape index (κ1) is 19.5. The highest BCUT2D eigenvalue weighted by Gasteiger charge is 2.27. The van der Waals surface area contributed by atoms with Crippen LogP contribution < -0.4 is 5.32 Å². The zero-order chi connectivity index (χ0) is 20.5. The van der Waals surface area contributed by atoms with Crippen molar-refractivity contribution >= 4 is 34.4 Å². The number of benzene rings is 2. The highest BCUT2D eigenvalue weighted by atomic mass is 35.5. The lowest BCUT2D eigenvalue weighted by molar-refractivity contribution is -0.137. The number of carboxylic acids is 1. The molecule has 29 heavy (non-hydrogen) atoms. The molecule has 1 aliphatic rings. The Bertz CT molecular complexity index is 1110. The number of nitrogens with one attached hydrogen (secondary N) is 1. The predicted octanol–water partition coefficient (Wildman–Crippen LogP) is 3.73. The lowest BCUT2D eigenvalue weighted by Gasteiger charge is -2.25. The summed E-state index contributed by atoms with van der Waals surface area (Å²) in [6, 6.07) is 11.5. The first-order chi connectivity index (χ1) is 13.9. The Balaban J connectivity index is 1.56. The number of hydrogen-bond donors (Lipinski definition) is 2. The third-order valence-corrected chi connectivity index (χ3v) is 5.58. The molecule has 0 radical (unpaired) electrons. The second-order valence-corrected chi connectivity index (χ2v) is 7.82. The standard InChI is InChI=1S/C22H20ClFN2O3/c23-14-3-1-2-13(8-14)9-21(27)25-16-5-7-20-18(11-16)17-10-15(24)4-6-19(17)26(20)12-22(28)29/h1-4,6,8,10,16H,5,7,9,11-12H2,(H,25,27)(H,28,29). The number of amides is 1. The molecule has 1 amide bonds. The molecule has 3 aromatic rings. The van der Waals surface area contributed by atoms with Crippen LogP contribution in [0, 0.1) is 5.82 Å². The molecule has 5 nitrogen and oxygen atoms in total. The van der Waals surface area contributed by atoms with Gasteiger partial charge in [0.25, 0.3) is 0 Å². The van der Waals surface area contributed by atoms with E-state index in [0.717, 1.165) is 22.2 Å². The Hall–Kier alpha value is -2.86. The summed E-state index contributed by atoms with van der Waals surface area (Å²) in [6.07, 6.45) is 2.11. The van der Waals surface area contributed by atoms with Crippen molar-refractivity contribution in [3.8, 4) is 0 Å². The number of halogens is 2. The van der Waals surface area contributed by atoms with Gasteiger partial charge in [0.1, 0.15) is 12.4 Å². The lowest BCUT2D eigenvalue weighted by atomic mass is 9.91. The fourth-order valence-electron chi connectivity index (χ4n) is 4.17. The quantitative estimate of drug-likeness (QED) is 0.668. The van der Waals surface area contributed by atoms with Crippen molar-refractivity contribution in [1.29, 1.82) is 0 Å². The minimum Gasteiger partial charge on any atom is -0.480 e. The Kier molecular flexibility index (Phi) is 5.28. The van der Waals surface area contributed by atoms with Crippen molar-refractivity contribution in [2.45, 2.75) is 38.3 Å². The van der Waals surface area contributed by atoms with E-state index in [-0.39, 0.29) is 30.7 Å². The minimum atomic E-state index is -0.939. The van der Waals surface area contributed by atoms with Gasteiger partial charge >= 0.3 is 5.97 Å². The van der Waals surface area contributed by atoms with Crippen LogP contribution in [0.4, 0.5) is 4.39 Å². The van der Waals surface area contributed by atoms with E-state index in [2.05, 4.69) is 5.32 Å². The summed E-state index contributed by atoms with van der Waals surface area (Å²) in [4.78, 5) is 23.8. The molecule has 1 atom stereocenters. The summed E-state index contributed by atoms with van der Waals surface area (Å²) >= 11 is 5.98. The third kappa shape index (κ3) is 4.12. The molecule has 0 spiro atoms. The van der Waals surface area contributed by atoms with Gasteiger partial charge in [-0.1, -0.05) is 23.7 Å². The molecule has 0 saturated carbocycles. The van der Waals surface area contributed by atoms with E-state index in [1.165, 1.54) is 12.1 Å². The van der Waals surface area contributed by atoms with Crippen LogP contribution in [0.1, 0.15) is 23.2 Å². The topological polar surface area (TPSA) is 71.3 Å². The zero-order valence-electron chi connectivity index (χ0n) is 15.6. The molecule has 4 rings (SSSR count). The summed E-state index contributed by atoms with van der Waals surface area (Å²) in [7, 11) is 0. The maximum absolute atomic E-state index is 13.9. The molecule has 1 unspecified atom stereocenters. The van der Waals surface area contributed by atoms with E-state index in [0.29, 0.717) is 29.8 Å². The average Bonchev–Trinajstić information content (AvgIpc) is 2.94. The van der Waals surface area contributed by atoms with Crippen LogP contribution in [-0.2, 0) is 35.4 Å².